The molecule has 2 fully saturated rings. The van der Waals surface area contributed by atoms with E-state index < -0.39 is 10.0 Å². The minimum atomic E-state index is -1.72. The largest absolute Gasteiger partial charge is 0.353 e. The predicted molar refractivity (Wildman–Crippen MR) is 105 cm³/mol. The van der Waals surface area contributed by atoms with Crippen LogP contribution in [-0.2, 0) is 4.74 Å². The van der Waals surface area contributed by atoms with Crippen LogP contribution in [0.5, 0.6) is 0 Å². The van der Waals surface area contributed by atoms with Crippen LogP contribution in [0.4, 0.5) is 0 Å². The minimum Gasteiger partial charge on any atom is -0.353 e. The van der Waals surface area contributed by atoms with Crippen molar-refractivity contribution in [2.24, 2.45) is 5.92 Å². The molecule has 2 aliphatic heterocycles. The highest BCUT2D eigenvalue weighted by molar-refractivity contribution is 6.68. The lowest BCUT2D eigenvalue weighted by atomic mass is 9.84. The highest BCUT2D eigenvalue weighted by atomic mass is 35.6. The Morgan fingerprint density at radius 2 is 1.88 bits per heavy atom. The van der Waals surface area contributed by atoms with Crippen LogP contribution < -0.4 is 10.2 Å². The number of fused-ring (bicyclic) bond motifs is 1. The third-order valence-corrected chi connectivity index (χ3v) is 6.10. The van der Waals surface area contributed by atoms with E-state index in [1.165, 1.54) is 38.8 Å². The summed E-state index contributed by atoms with van der Waals surface area (Å²) in [7, 11) is 0. The molecule has 1 aromatic rings. The fourth-order valence-corrected chi connectivity index (χ4v) is 4.56. The lowest BCUT2D eigenvalue weighted by Crippen LogP contribution is -3.18. The number of rotatable bonds is 5. The summed E-state index contributed by atoms with van der Waals surface area (Å²) < 4.78 is 4.22. The molecule has 26 heavy (non-hydrogen) atoms. The van der Waals surface area contributed by atoms with E-state index in [4.69, 9.17) is 39.5 Å². The van der Waals surface area contributed by atoms with E-state index in [2.05, 4.69) is 5.32 Å². The molecule has 0 aromatic heterocycles. The Balaban J connectivity index is 1.61. The number of carbonyl (C=O) groups is 1. The zero-order chi connectivity index (χ0) is 18.6. The van der Waals surface area contributed by atoms with Crippen LogP contribution in [0.25, 0.3) is 0 Å². The first kappa shape index (κ1) is 20.2. The van der Waals surface area contributed by atoms with Gasteiger partial charge in [0.05, 0.1) is 25.7 Å². The number of benzene rings is 1. The van der Waals surface area contributed by atoms with Gasteiger partial charge in [-0.05, 0) is 44.2 Å². The number of ether oxygens (including phenoxy) is 1. The van der Waals surface area contributed by atoms with Crippen LogP contribution >= 0.6 is 34.8 Å². The number of alkyl halides is 3. The Morgan fingerprint density at radius 3 is 2.62 bits per heavy atom. The van der Waals surface area contributed by atoms with E-state index in [9.17, 15) is 4.79 Å². The first-order valence-electron chi connectivity index (χ1n) is 9.34. The average molecular weight is 421 g/mol. The third kappa shape index (κ3) is 5.26. The zero-order valence-corrected chi connectivity index (χ0v) is 17.0. The standard InChI is InChI=1S/C19H25Cl3N2O2/c20-19(21,22)18(23-17(25)14-7-2-1-3-8-14)26-13-15-9-6-12-24-11-5-4-10-16(15)24/h1-3,7-8,15-16,18H,4-6,9-13H2,(H,23,25)/p+1/t15-,16+,18-/m1/s1. The molecule has 2 N–H and O–H groups in total. The average Bonchev–Trinajstić information content (AvgIpc) is 2.64. The second-order valence-corrected chi connectivity index (χ2v) is 9.63. The van der Waals surface area contributed by atoms with Gasteiger partial charge in [0, 0.05) is 11.5 Å². The van der Waals surface area contributed by atoms with Gasteiger partial charge in [-0.3, -0.25) is 4.79 Å². The number of piperidine rings is 2. The summed E-state index contributed by atoms with van der Waals surface area (Å²) in [5.74, 6) is 0.137. The molecule has 1 amide bonds. The zero-order valence-electron chi connectivity index (χ0n) is 14.7. The van der Waals surface area contributed by atoms with Crippen molar-refractivity contribution in [3.05, 3.63) is 35.9 Å². The molecule has 7 heteroatoms. The lowest BCUT2D eigenvalue weighted by Gasteiger charge is -2.41. The summed E-state index contributed by atoms with van der Waals surface area (Å²) in [5, 5.41) is 2.72. The summed E-state index contributed by atoms with van der Waals surface area (Å²) >= 11 is 18.2. The fourth-order valence-electron chi connectivity index (χ4n) is 4.21. The molecular formula is C19H26Cl3N2O2+. The molecule has 2 aliphatic rings. The number of nitrogens with one attached hydrogen (secondary N) is 2. The van der Waals surface area contributed by atoms with E-state index in [1.54, 1.807) is 29.2 Å². The highest BCUT2D eigenvalue weighted by Crippen LogP contribution is 2.32. The van der Waals surface area contributed by atoms with Crippen LogP contribution in [0, 0.1) is 5.92 Å². The summed E-state index contributed by atoms with van der Waals surface area (Å²) in [5.41, 5.74) is 0.510. The highest BCUT2D eigenvalue weighted by Gasteiger charge is 2.40. The maximum absolute atomic E-state index is 12.4. The van der Waals surface area contributed by atoms with Gasteiger partial charge < -0.3 is 15.0 Å². The van der Waals surface area contributed by atoms with Crippen LogP contribution in [0.2, 0.25) is 0 Å². The predicted octanol–water partition coefficient (Wildman–Crippen LogP) is 2.98. The lowest BCUT2D eigenvalue weighted by molar-refractivity contribution is -0.940. The van der Waals surface area contributed by atoms with Crippen molar-refractivity contribution in [1.29, 1.82) is 0 Å². The van der Waals surface area contributed by atoms with E-state index >= 15 is 0 Å². The maximum Gasteiger partial charge on any atom is 0.253 e. The van der Waals surface area contributed by atoms with Gasteiger partial charge in [-0.25, -0.2) is 0 Å². The normalized spacial score (nSPS) is 27.4. The summed E-state index contributed by atoms with van der Waals surface area (Å²) in [6.45, 7) is 3.00. The summed E-state index contributed by atoms with van der Waals surface area (Å²) in [6.07, 6.45) is 5.18. The van der Waals surface area contributed by atoms with Crippen molar-refractivity contribution in [1.82, 2.24) is 5.32 Å². The first-order valence-corrected chi connectivity index (χ1v) is 10.5. The Morgan fingerprint density at radius 1 is 1.15 bits per heavy atom. The van der Waals surface area contributed by atoms with Crippen LogP contribution in [0.1, 0.15) is 42.5 Å². The van der Waals surface area contributed by atoms with Gasteiger partial charge in [0.2, 0.25) is 3.79 Å². The summed E-state index contributed by atoms with van der Waals surface area (Å²) in [6, 6.07) is 9.50. The molecular weight excluding hydrogens is 395 g/mol. The van der Waals surface area contributed by atoms with Crippen LogP contribution in [0.3, 0.4) is 0 Å². The Bertz CT molecular complexity index is 592. The topological polar surface area (TPSA) is 42.8 Å². The van der Waals surface area contributed by atoms with E-state index in [0.29, 0.717) is 24.1 Å². The van der Waals surface area contributed by atoms with Crippen molar-refractivity contribution in [3.63, 3.8) is 0 Å². The van der Waals surface area contributed by atoms with Crippen molar-refractivity contribution in [3.8, 4) is 0 Å². The van der Waals surface area contributed by atoms with Gasteiger partial charge in [0.15, 0.2) is 6.23 Å². The molecule has 0 aliphatic carbocycles. The molecule has 3 rings (SSSR count). The SMILES string of the molecule is O=C(N[C@H](OC[C@H]1CCC[NH+]2CCCC[C@@H]12)C(Cl)(Cl)Cl)c1ccccc1. The fraction of sp³-hybridized carbons (Fsp3) is 0.632. The second kappa shape index (κ2) is 9.11. The smallest absolute Gasteiger partial charge is 0.253 e. The molecule has 0 saturated carbocycles. The van der Waals surface area contributed by atoms with Gasteiger partial charge >= 0.3 is 0 Å². The van der Waals surface area contributed by atoms with Gasteiger partial charge in [0.1, 0.15) is 0 Å². The first-order chi connectivity index (χ1) is 12.4. The van der Waals surface area contributed by atoms with E-state index in [1.807, 2.05) is 6.07 Å². The molecule has 0 radical (unpaired) electrons. The van der Waals surface area contributed by atoms with E-state index in [0.717, 1.165) is 6.42 Å². The maximum atomic E-state index is 12.4. The van der Waals surface area contributed by atoms with Crippen LogP contribution in [-0.4, -0.2) is 41.7 Å². The molecule has 1 unspecified atom stereocenters. The van der Waals surface area contributed by atoms with Gasteiger partial charge in [0.25, 0.3) is 5.91 Å². The second-order valence-electron chi connectivity index (χ2n) is 7.26. The Labute approximate surface area is 170 Å². The van der Waals surface area contributed by atoms with Crippen molar-refractivity contribution >= 4 is 40.7 Å². The molecule has 4 nitrogen and oxygen atoms in total. The van der Waals surface area contributed by atoms with Gasteiger partial charge in [-0.1, -0.05) is 53.0 Å². The van der Waals surface area contributed by atoms with Crippen molar-refractivity contribution in [2.75, 3.05) is 19.7 Å². The number of amides is 1. The minimum absolute atomic E-state index is 0.310. The number of quaternary nitrogens is 1. The Kier molecular flexibility index (Phi) is 7.09. The molecule has 1 aromatic carbocycles. The number of hydrogen-bond acceptors (Lipinski definition) is 2. The quantitative estimate of drug-likeness (QED) is 0.568. The van der Waals surface area contributed by atoms with Crippen molar-refractivity contribution < 1.29 is 14.4 Å². The van der Waals surface area contributed by atoms with E-state index in [-0.39, 0.29) is 5.91 Å². The molecule has 2 saturated heterocycles. The molecule has 4 atom stereocenters. The monoisotopic (exact) mass is 419 g/mol. The Hall–Kier alpha value is -0.520. The molecule has 0 spiro atoms. The summed E-state index contributed by atoms with van der Waals surface area (Å²) in [4.78, 5) is 14.1. The molecule has 2 heterocycles. The van der Waals surface area contributed by atoms with Gasteiger partial charge in [-0.15, -0.1) is 0 Å². The molecule has 144 valence electrons. The number of halogens is 3. The molecule has 0 bridgehead atoms. The number of hydrogen-bond donors (Lipinski definition) is 2. The van der Waals surface area contributed by atoms with Crippen molar-refractivity contribution in [2.45, 2.75) is 48.2 Å². The van der Waals surface area contributed by atoms with Crippen LogP contribution in [0.15, 0.2) is 30.3 Å². The van der Waals surface area contributed by atoms with Gasteiger partial charge in [-0.2, -0.15) is 0 Å². The number of carbonyl (C=O) groups excluding carboxylic acids is 1. The third-order valence-electron chi connectivity index (χ3n) is 5.50.